The van der Waals surface area contributed by atoms with Crippen molar-refractivity contribution in [3.63, 3.8) is 0 Å². The molecule has 0 bridgehead atoms. The highest BCUT2D eigenvalue weighted by Crippen LogP contribution is 2.17. The van der Waals surface area contributed by atoms with E-state index in [9.17, 15) is 33.9 Å². The maximum atomic E-state index is 12.7. The van der Waals surface area contributed by atoms with Gasteiger partial charge in [0.05, 0.1) is 16.9 Å². The summed E-state index contributed by atoms with van der Waals surface area (Å²) >= 11 is 0. The minimum Gasteiger partial charge on any atom is -0.478 e. The largest absolute Gasteiger partial charge is 0.478 e. The number of nitrogens with one attached hydrogen (secondary N) is 4. The Balaban J connectivity index is 1.69. The van der Waals surface area contributed by atoms with E-state index in [-0.39, 0.29) is 28.2 Å². The fourth-order valence-corrected chi connectivity index (χ4v) is 3.30. The molecular weight excluding hydrogens is 532 g/mol. The Bertz CT molecular complexity index is 1580. The quantitative estimate of drug-likeness (QED) is 0.0963. The number of hydrogen-bond acceptors (Lipinski definition) is 10. The van der Waals surface area contributed by atoms with Gasteiger partial charge in [-0.2, -0.15) is 10.2 Å². The second kappa shape index (κ2) is 13.7. The second-order valence-corrected chi connectivity index (χ2v) is 8.30. The van der Waals surface area contributed by atoms with Crippen molar-refractivity contribution < 1.29 is 33.9 Å². The molecule has 41 heavy (non-hydrogen) atoms. The molecule has 208 valence electrons. The number of aromatic carboxylic acids is 1. The number of benzene rings is 3. The Kier molecular flexibility index (Phi) is 9.89. The maximum absolute atomic E-state index is 12.7. The van der Waals surface area contributed by atoms with Crippen molar-refractivity contribution in [2.75, 3.05) is 21.5 Å². The second-order valence-electron chi connectivity index (χ2n) is 8.30. The van der Waals surface area contributed by atoms with E-state index in [1.54, 1.807) is 30.3 Å². The number of hydrazone groups is 2. The Labute approximate surface area is 233 Å². The predicted octanol–water partition coefficient (Wildman–Crippen LogP) is 3.19. The third-order valence-electron chi connectivity index (χ3n) is 5.32. The molecule has 0 aliphatic carbocycles. The molecule has 13 nitrogen and oxygen atoms in total. The molecule has 0 radical (unpaired) electrons. The number of carboxylic acid groups (broad SMARTS) is 1. The number of Topliss-reactive ketones (excluding diaryl/α,β-unsaturated/α-hetero) is 2. The summed E-state index contributed by atoms with van der Waals surface area (Å²) in [5.41, 5.74) is 5.14. The van der Waals surface area contributed by atoms with E-state index in [1.807, 2.05) is 0 Å². The van der Waals surface area contributed by atoms with Crippen molar-refractivity contribution in [2.24, 2.45) is 10.2 Å². The number of carboxylic acids is 1. The van der Waals surface area contributed by atoms with Crippen molar-refractivity contribution in [1.29, 1.82) is 0 Å². The van der Waals surface area contributed by atoms with E-state index in [4.69, 9.17) is 0 Å². The summed E-state index contributed by atoms with van der Waals surface area (Å²) in [7, 11) is 0. The van der Waals surface area contributed by atoms with Gasteiger partial charge in [-0.3, -0.25) is 34.8 Å². The highest BCUT2D eigenvalue weighted by Gasteiger charge is 2.20. The van der Waals surface area contributed by atoms with Gasteiger partial charge in [-0.1, -0.05) is 24.3 Å². The summed E-state index contributed by atoms with van der Waals surface area (Å²) in [4.78, 5) is 71.9. The minimum absolute atomic E-state index is 0.0864. The molecule has 3 aromatic carbocycles. The fourth-order valence-electron chi connectivity index (χ4n) is 3.30. The van der Waals surface area contributed by atoms with Gasteiger partial charge in [-0.25, -0.2) is 4.79 Å². The monoisotopic (exact) mass is 556 g/mol. The molecule has 0 unspecified atom stereocenters. The average Bonchev–Trinajstić information content (AvgIpc) is 2.94. The zero-order valence-electron chi connectivity index (χ0n) is 21.8. The van der Waals surface area contributed by atoms with Crippen molar-refractivity contribution in [2.45, 2.75) is 13.8 Å². The molecule has 0 saturated carbocycles. The van der Waals surface area contributed by atoms with E-state index >= 15 is 0 Å². The maximum Gasteiger partial charge on any atom is 0.337 e. The number of nitrogens with zero attached hydrogens (tertiary/aromatic N) is 2. The van der Waals surface area contributed by atoms with Crippen LogP contribution in [0.1, 0.15) is 34.6 Å². The molecule has 0 saturated heterocycles. The number of hydrogen-bond donors (Lipinski definition) is 5. The van der Waals surface area contributed by atoms with Gasteiger partial charge in [0.15, 0.2) is 29.3 Å². The highest BCUT2D eigenvalue weighted by molar-refractivity contribution is 6.67. The zero-order chi connectivity index (χ0) is 29.9. The number of carbonyl (C=O) groups excluding carboxylic acids is 5. The Hall–Kier alpha value is -5.98. The molecule has 0 aromatic heterocycles. The van der Waals surface area contributed by atoms with Gasteiger partial charge in [0, 0.05) is 30.8 Å². The van der Waals surface area contributed by atoms with Crippen LogP contribution in [0.4, 0.5) is 22.7 Å². The van der Waals surface area contributed by atoms with Gasteiger partial charge < -0.3 is 15.7 Å². The van der Waals surface area contributed by atoms with Crippen LogP contribution >= 0.6 is 0 Å². The van der Waals surface area contributed by atoms with Gasteiger partial charge >= 0.3 is 5.97 Å². The third kappa shape index (κ3) is 8.00. The van der Waals surface area contributed by atoms with Gasteiger partial charge in [0.1, 0.15) is 0 Å². The van der Waals surface area contributed by atoms with E-state index in [2.05, 4.69) is 31.7 Å². The molecular formula is C28H24N6O7. The van der Waals surface area contributed by atoms with Crippen LogP contribution in [0.2, 0.25) is 0 Å². The van der Waals surface area contributed by atoms with Crippen LogP contribution in [0, 0.1) is 0 Å². The molecule has 3 rings (SSSR count). The molecule has 2 amide bonds. The minimum atomic E-state index is -1.22. The molecule has 0 atom stereocenters. The Morgan fingerprint density at radius 1 is 0.659 bits per heavy atom. The molecule has 3 aromatic rings. The number of ketones is 2. The lowest BCUT2D eigenvalue weighted by Gasteiger charge is -2.10. The van der Waals surface area contributed by atoms with Crippen LogP contribution in [0.15, 0.2) is 83.0 Å². The van der Waals surface area contributed by atoms with Crippen LogP contribution in [0.3, 0.4) is 0 Å². The average molecular weight is 557 g/mol. The zero-order valence-corrected chi connectivity index (χ0v) is 21.8. The highest BCUT2D eigenvalue weighted by atomic mass is 16.4. The van der Waals surface area contributed by atoms with Crippen molar-refractivity contribution in [3.8, 4) is 0 Å². The number of amides is 2. The molecule has 0 fully saturated rings. The number of carbonyl (C=O) groups is 6. The van der Waals surface area contributed by atoms with Crippen LogP contribution in [0.25, 0.3) is 0 Å². The first-order chi connectivity index (χ1) is 19.6. The lowest BCUT2D eigenvalue weighted by Crippen LogP contribution is -2.30. The standard InChI is InChI=1S/C28H24N6O7/c1-16(36)24(33-31-22-9-5-3-7-18(22)15-35)26(38)29-19-11-13-20(14-12-19)30-27(39)25(17(2)37)34-32-23-10-6-4-8-21(23)28(40)41/h3-15,31-32H,1-2H3,(H,29,38)(H,30,39)(H,40,41)/b33-24-,34-25-. The number of aldehydes is 1. The van der Waals surface area contributed by atoms with Crippen molar-refractivity contribution >= 4 is 69.8 Å². The summed E-state index contributed by atoms with van der Waals surface area (Å²) in [6.07, 6.45) is 0.603. The van der Waals surface area contributed by atoms with Gasteiger partial charge in [-0.15, -0.1) is 0 Å². The summed E-state index contributed by atoms with van der Waals surface area (Å²) in [6.45, 7) is 2.29. The molecule has 0 aliphatic rings. The molecule has 0 aliphatic heterocycles. The van der Waals surface area contributed by atoms with Crippen LogP contribution in [-0.4, -0.2) is 52.2 Å². The number of para-hydroxylation sites is 2. The lowest BCUT2D eigenvalue weighted by molar-refractivity contribution is -0.116. The number of anilines is 4. The first-order valence-corrected chi connectivity index (χ1v) is 11.9. The molecule has 0 heterocycles. The topological polar surface area (TPSA) is 195 Å². The summed E-state index contributed by atoms with van der Waals surface area (Å²) < 4.78 is 0. The summed E-state index contributed by atoms with van der Waals surface area (Å²) in [5, 5.41) is 21.9. The summed E-state index contributed by atoms with van der Waals surface area (Å²) in [5.74, 6) is -4.19. The first kappa shape index (κ1) is 29.6. The van der Waals surface area contributed by atoms with Crippen LogP contribution < -0.4 is 21.5 Å². The summed E-state index contributed by atoms with van der Waals surface area (Å²) in [6, 6.07) is 18.0. The van der Waals surface area contributed by atoms with E-state index in [1.165, 1.54) is 42.5 Å². The van der Waals surface area contributed by atoms with E-state index in [0.717, 1.165) is 13.8 Å². The SMILES string of the molecule is CC(=O)/C(=N/Nc1ccccc1C=O)C(=O)Nc1ccc(NC(=O)/C(=N\Nc2ccccc2C(=O)O)C(C)=O)cc1. The number of rotatable bonds is 12. The van der Waals surface area contributed by atoms with Crippen molar-refractivity contribution in [1.82, 2.24) is 0 Å². The van der Waals surface area contributed by atoms with Gasteiger partial charge in [0.2, 0.25) is 0 Å². The lowest BCUT2D eigenvalue weighted by atomic mass is 10.2. The van der Waals surface area contributed by atoms with Gasteiger partial charge in [-0.05, 0) is 48.5 Å². The van der Waals surface area contributed by atoms with Crippen LogP contribution in [0.5, 0.6) is 0 Å². The normalized spacial score (nSPS) is 11.2. The Morgan fingerprint density at radius 2 is 1.10 bits per heavy atom. The smallest absolute Gasteiger partial charge is 0.337 e. The van der Waals surface area contributed by atoms with Gasteiger partial charge in [0.25, 0.3) is 11.8 Å². The third-order valence-corrected chi connectivity index (χ3v) is 5.32. The molecule has 0 spiro atoms. The van der Waals surface area contributed by atoms with E-state index in [0.29, 0.717) is 12.0 Å². The Morgan fingerprint density at radius 3 is 1.56 bits per heavy atom. The first-order valence-electron chi connectivity index (χ1n) is 11.9. The van der Waals surface area contributed by atoms with Crippen molar-refractivity contribution in [3.05, 3.63) is 83.9 Å². The van der Waals surface area contributed by atoms with E-state index < -0.39 is 40.8 Å². The van der Waals surface area contributed by atoms with Crippen LogP contribution in [-0.2, 0) is 19.2 Å². The molecule has 13 heteroatoms. The molecule has 5 N–H and O–H groups in total. The predicted molar refractivity (Wildman–Crippen MR) is 152 cm³/mol. The fraction of sp³-hybridized carbons (Fsp3) is 0.0714.